The van der Waals surface area contributed by atoms with E-state index in [1.165, 1.54) is 19.3 Å². The van der Waals surface area contributed by atoms with Crippen LogP contribution in [0, 0.1) is 17.3 Å². The molecule has 1 heterocycles. The van der Waals surface area contributed by atoms with E-state index in [-0.39, 0.29) is 17.8 Å². The van der Waals surface area contributed by atoms with Crippen LogP contribution in [0.2, 0.25) is 0 Å². The Morgan fingerprint density at radius 2 is 2.06 bits per heavy atom. The van der Waals surface area contributed by atoms with Crippen molar-refractivity contribution in [2.45, 2.75) is 38.5 Å². The predicted octanol–water partition coefficient (Wildman–Crippen LogP) is 2.40. The highest BCUT2D eigenvalue weighted by molar-refractivity contribution is 5.85. The Bertz CT molecular complexity index is 306. The molecule has 2 aliphatic carbocycles. The summed E-state index contributed by atoms with van der Waals surface area (Å²) in [5.74, 6) is 0.765. The quantitative estimate of drug-likeness (QED) is 0.846. The van der Waals surface area contributed by atoms with Crippen molar-refractivity contribution in [1.82, 2.24) is 4.90 Å². The molecule has 3 nitrogen and oxygen atoms in total. The van der Waals surface area contributed by atoms with Gasteiger partial charge in [0.25, 0.3) is 0 Å². The molecule has 0 aromatic rings. The lowest BCUT2D eigenvalue weighted by Crippen LogP contribution is -2.37. The summed E-state index contributed by atoms with van der Waals surface area (Å²) in [7, 11) is 0. The number of nitrogens with zero attached hydrogens (tertiary/aromatic N) is 1. The van der Waals surface area contributed by atoms with Gasteiger partial charge in [-0.2, -0.15) is 0 Å². The second kappa shape index (κ2) is 4.77. The first-order valence-corrected chi connectivity index (χ1v) is 6.66. The topological polar surface area (TPSA) is 40.5 Å². The molecule has 3 rings (SSSR count). The molecule has 1 saturated heterocycles. The lowest BCUT2D eigenvalue weighted by atomic mass is 9.81. The second-order valence-electron chi connectivity index (χ2n) is 6.04. The van der Waals surface area contributed by atoms with Gasteiger partial charge in [0.15, 0.2) is 0 Å². The lowest BCUT2D eigenvalue weighted by molar-refractivity contribution is -0.149. The Labute approximate surface area is 109 Å². The fourth-order valence-electron chi connectivity index (χ4n) is 3.92. The van der Waals surface area contributed by atoms with Crippen LogP contribution in [0.1, 0.15) is 38.5 Å². The fraction of sp³-hybridized carbons (Fsp3) is 0.923. The third kappa shape index (κ3) is 2.08. The van der Waals surface area contributed by atoms with E-state index >= 15 is 0 Å². The molecule has 98 valence electrons. The van der Waals surface area contributed by atoms with Gasteiger partial charge < -0.3 is 10.0 Å². The molecule has 0 amide bonds. The summed E-state index contributed by atoms with van der Waals surface area (Å²) in [6.07, 6.45) is 7.27. The smallest absolute Gasteiger partial charge is 0.311 e. The van der Waals surface area contributed by atoms with Gasteiger partial charge >= 0.3 is 5.97 Å². The van der Waals surface area contributed by atoms with Crippen molar-refractivity contribution >= 4 is 18.4 Å². The number of rotatable bonds is 3. The normalized spacial score (nSPS) is 37.3. The van der Waals surface area contributed by atoms with Gasteiger partial charge in [0.05, 0.1) is 5.41 Å². The maximum Gasteiger partial charge on any atom is 0.311 e. The third-order valence-corrected chi connectivity index (χ3v) is 5.11. The van der Waals surface area contributed by atoms with Crippen LogP contribution in [0.4, 0.5) is 0 Å². The first-order chi connectivity index (χ1) is 7.71. The summed E-state index contributed by atoms with van der Waals surface area (Å²) in [6.45, 7) is 3.03. The lowest BCUT2D eigenvalue weighted by Gasteiger charge is -2.31. The highest BCUT2D eigenvalue weighted by Crippen LogP contribution is 2.49. The van der Waals surface area contributed by atoms with Crippen molar-refractivity contribution in [3.05, 3.63) is 0 Å². The van der Waals surface area contributed by atoms with Crippen LogP contribution in [-0.2, 0) is 4.79 Å². The van der Waals surface area contributed by atoms with Crippen molar-refractivity contribution in [2.75, 3.05) is 19.6 Å². The molecule has 0 aromatic heterocycles. The first-order valence-electron chi connectivity index (χ1n) is 6.66. The van der Waals surface area contributed by atoms with Crippen LogP contribution in [0.25, 0.3) is 0 Å². The van der Waals surface area contributed by atoms with Gasteiger partial charge in [-0.1, -0.05) is 12.8 Å². The first kappa shape index (κ1) is 13.2. The number of aliphatic carboxylic acids is 1. The van der Waals surface area contributed by atoms with Gasteiger partial charge in [0.1, 0.15) is 0 Å². The Morgan fingerprint density at radius 1 is 1.29 bits per heavy atom. The molecule has 4 heteroatoms. The minimum absolute atomic E-state index is 0. The van der Waals surface area contributed by atoms with E-state index in [2.05, 4.69) is 4.90 Å². The average Bonchev–Trinajstić information content (AvgIpc) is 2.67. The minimum Gasteiger partial charge on any atom is -0.481 e. The van der Waals surface area contributed by atoms with Gasteiger partial charge in [-0.3, -0.25) is 4.79 Å². The molecule has 2 atom stereocenters. The second-order valence-corrected chi connectivity index (χ2v) is 6.04. The summed E-state index contributed by atoms with van der Waals surface area (Å²) >= 11 is 0. The Kier molecular flexibility index (Phi) is 3.69. The zero-order chi connectivity index (χ0) is 11.2. The van der Waals surface area contributed by atoms with Gasteiger partial charge in [-0.25, -0.2) is 0 Å². The zero-order valence-electron chi connectivity index (χ0n) is 10.2. The molecule has 0 bridgehead atoms. The maximum atomic E-state index is 11.5. The van der Waals surface area contributed by atoms with Gasteiger partial charge in [-0.15, -0.1) is 12.4 Å². The summed E-state index contributed by atoms with van der Waals surface area (Å²) in [4.78, 5) is 13.9. The van der Waals surface area contributed by atoms with Crippen LogP contribution >= 0.6 is 12.4 Å². The molecule has 1 aliphatic heterocycles. The molecule has 3 aliphatic rings. The standard InChI is InChI=1S/C13H21NO2.ClH/c15-12(16)13-6-2-5-11(13)8-14(9-13)7-10-3-1-4-10;/h10-11H,1-9H2,(H,15,16);1H/t11-,13+;/m0./s1. The molecule has 2 saturated carbocycles. The summed E-state index contributed by atoms with van der Waals surface area (Å²) in [5.41, 5.74) is -0.371. The monoisotopic (exact) mass is 259 g/mol. The summed E-state index contributed by atoms with van der Waals surface area (Å²) in [6, 6.07) is 0. The number of carboxylic acid groups (broad SMARTS) is 1. The highest BCUT2D eigenvalue weighted by atomic mass is 35.5. The van der Waals surface area contributed by atoms with Gasteiger partial charge in [0.2, 0.25) is 0 Å². The van der Waals surface area contributed by atoms with E-state index in [1.54, 1.807) is 0 Å². The number of fused-ring (bicyclic) bond motifs is 1. The number of carbonyl (C=O) groups is 1. The van der Waals surface area contributed by atoms with Crippen molar-refractivity contribution < 1.29 is 9.90 Å². The van der Waals surface area contributed by atoms with E-state index < -0.39 is 5.97 Å². The van der Waals surface area contributed by atoms with Crippen LogP contribution < -0.4 is 0 Å². The van der Waals surface area contributed by atoms with Crippen molar-refractivity contribution in [1.29, 1.82) is 0 Å². The van der Waals surface area contributed by atoms with Gasteiger partial charge in [0, 0.05) is 19.6 Å². The molecule has 0 aromatic carbocycles. The van der Waals surface area contributed by atoms with Crippen molar-refractivity contribution in [2.24, 2.45) is 17.3 Å². The molecular weight excluding hydrogens is 238 g/mol. The fourth-order valence-corrected chi connectivity index (χ4v) is 3.92. The van der Waals surface area contributed by atoms with Crippen LogP contribution in [0.5, 0.6) is 0 Å². The van der Waals surface area contributed by atoms with Gasteiger partial charge in [-0.05, 0) is 37.5 Å². The van der Waals surface area contributed by atoms with Crippen LogP contribution in [0.15, 0.2) is 0 Å². The molecular formula is C13H22ClNO2. The van der Waals surface area contributed by atoms with Crippen LogP contribution in [0.3, 0.4) is 0 Å². The summed E-state index contributed by atoms with van der Waals surface area (Å²) in [5, 5.41) is 9.47. The molecule has 17 heavy (non-hydrogen) atoms. The Hall–Kier alpha value is -0.280. The number of hydrogen-bond acceptors (Lipinski definition) is 2. The largest absolute Gasteiger partial charge is 0.481 e. The minimum atomic E-state index is -0.536. The molecule has 0 unspecified atom stereocenters. The Balaban J connectivity index is 0.00000108. The maximum absolute atomic E-state index is 11.5. The predicted molar refractivity (Wildman–Crippen MR) is 68.4 cm³/mol. The third-order valence-electron chi connectivity index (χ3n) is 5.11. The molecule has 1 N–H and O–H groups in total. The van der Waals surface area contributed by atoms with E-state index in [0.717, 1.165) is 44.8 Å². The molecule has 3 fully saturated rings. The highest BCUT2D eigenvalue weighted by Gasteiger charge is 2.54. The zero-order valence-corrected chi connectivity index (χ0v) is 11.0. The van der Waals surface area contributed by atoms with E-state index in [4.69, 9.17) is 0 Å². The van der Waals surface area contributed by atoms with Crippen molar-refractivity contribution in [3.63, 3.8) is 0 Å². The molecule has 0 spiro atoms. The number of carboxylic acids is 1. The van der Waals surface area contributed by atoms with Crippen LogP contribution in [-0.4, -0.2) is 35.6 Å². The summed E-state index contributed by atoms with van der Waals surface area (Å²) < 4.78 is 0. The number of hydrogen-bond donors (Lipinski definition) is 1. The molecule has 0 radical (unpaired) electrons. The Morgan fingerprint density at radius 3 is 2.59 bits per heavy atom. The van der Waals surface area contributed by atoms with E-state index in [1.807, 2.05) is 0 Å². The SMILES string of the molecule is Cl.O=C(O)[C@@]12CCC[C@H]1CN(CC1CCC1)C2. The average molecular weight is 260 g/mol. The number of likely N-dealkylation sites (tertiary alicyclic amines) is 1. The van der Waals surface area contributed by atoms with E-state index in [0.29, 0.717) is 5.92 Å². The van der Waals surface area contributed by atoms with Crippen molar-refractivity contribution in [3.8, 4) is 0 Å². The van der Waals surface area contributed by atoms with E-state index in [9.17, 15) is 9.90 Å². The number of halogens is 1.